The highest BCUT2D eigenvalue weighted by molar-refractivity contribution is 7.93. The summed E-state index contributed by atoms with van der Waals surface area (Å²) in [5.41, 5.74) is 3.63. The molecule has 0 aliphatic rings. The van der Waals surface area contributed by atoms with Crippen LogP contribution in [-0.4, -0.2) is 31.1 Å². The third-order valence-corrected chi connectivity index (χ3v) is 5.60. The van der Waals surface area contributed by atoms with Gasteiger partial charge in [0.2, 0.25) is 0 Å². The lowest BCUT2D eigenvalue weighted by Crippen LogP contribution is -2.16. The van der Waals surface area contributed by atoms with Gasteiger partial charge in [0.25, 0.3) is 15.7 Å². The van der Waals surface area contributed by atoms with Crippen molar-refractivity contribution in [3.63, 3.8) is 0 Å². The second-order valence-electron chi connectivity index (χ2n) is 6.27. The van der Waals surface area contributed by atoms with Crippen LogP contribution in [0.25, 0.3) is 0 Å². The van der Waals surface area contributed by atoms with Crippen LogP contribution in [0.5, 0.6) is 5.75 Å². The van der Waals surface area contributed by atoms with Gasteiger partial charge in [-0.15, -0.1) is 0 Å². The number of aromatic nitrogens is 1. The number of benzene rings is 2. The van der Waals surface area contributed by atoms with Crippen molar-refractivity contribution in [1.82, 2.24) is 4.98 Å². The molecule has 0 saturated carbocycles. The molecule has 160 valence electrons. The zero-order chi connectivity index (χ0) is 22.4. The summed E-state index contributed by atoms with van der Waals surface area (Å²) in [7, 11) is -2.82. The summed E-state index contributed by atoms with van der Waals surface area (Å²) in [6.07, 6.45) is 1.60. The lowest BCUT2D eigenvalue weighted by molar-refractivity contribution is -0.385. The van der Waals surface area contributed by atoms with Gasteiger partial charge in [-0.1, -0.05) is 18.2 Å². The molecule has 0 saturated heterocycles. The summed E-state index contributed by atoms with van der Waals surface area (Å²) in [5.74, 6) is 0.301. The Hall–Kier alpha value is -3.99. The standard InChI is InChI=1S/C20H19N5O5S/c1-14(16-7-5-6-12-21-16)22-23-18-11-10-15(25(26)27)13-20(18)31(28,29)24-17-8-3-4-9-19(17)30-2/h3-13,23-24H,1-2H3. The maximum atomic E-state index is 13.1. The number of nitro benzene ring substituents is 1. The highest BCUT2D eigenvalue weighted by Crippen LogP contribution is 2.31. The van der Waals surface area contributed by atoms with Gasteiger partial charge in [0.1, 0.15) is 10.6 Å². The Labute approximate surface area is 178 Å². The first-order valence-electron chi connectivity index (χ1n) is 8.98. The molecule has 3 rings (SSSR count). The number of sulfonamides is 1. The van der Waals surface area contributed by atoms with Crippen molar-refractivity contribution in [1.29, 1.82) is 0 Å². The van der Waals surface area contributed by atoms with Crippen molar-refractivity contribution in [3.8, 4) is 5.75 Å². The van der Waals surface area contributed by atoms with Crippen molar-refractivity contribution in [2.75, 3.05) is 17.3 Å². The monoisotopic (exact) mass is 441 g/mol. The topological polar surface area (TPSA) is 136 Å². The summed E-state index contributed by atoms with van der Waals surface area (Å²) < 4.78 is 33.8. The first kappa shape index (κ1) is 21.7. The predicted octanol–water partition coefficient (Wildman–Crippen LogP) is 3.64. The van der Waals surface area contributed by atoms with E-state index in [0.717, 1.165) is 6.07 Å². The summed E-state index contributed by atoms with van der Waals surface area (Å²) >= 11 is 0. The van der Waals surface area contributed by atoms with Crippen molar-refractivity contribution in [2.45, 2.75) is 11.8 Å². The first-order chi connectivity index (χ1) is 14.8. The molecule has 1 heterocycles. The number of anilines is 2. The van der Waals surface area contributed by atoms with E-state index in [1.807, 2.05) is 0 Å². The van der Waals surface area contributed by atoms with Gasteiger partial charge in [-0.3, -0.25) is 25.2 Å². The van der Waals surface area contributed by atoms with Gasteiger partial charge in [0, 0.05) is 18.3 Å². The van der Waals surface area contributed by atoms with Gasteiger partial charge < -0.3 is 4.74 Å². The Morgan fingerprint density at radius 3 is 2.52 bits per heavy atom. The highest BCUT2D eigenvalue weighted by atomic mass is 32.2. The van der Waals surface area contributed by atoms with Gasteiger partial charge in [-0.25, -0.2) is 8.42 Å². The number of hydrogen-bond donors (Lipinski definition) is 2. The van der Waals surface area contributed by atoms with E-state index in [4.69, 9.17) is 4.74 Å². The number of para-hydroxylation sites is 2. The molecule has 0 amide bonds. The normalized spacial score (nSPS) is 11.6. The average molecular weight is 441 g/mol. The molecule has 0 atom stereocenters. The van der Waals surface area contributed by atoms with Gasteiger partial charge in [-0.05, 0) is 37.3 Å². The fourth-order valence-electron chi connectivity index (χ4n) is 2.65. The van der Waals surface area contributed by atoms with E-state index in [0.29, 0.717) is 17.2 Å². The summed E-state index contributed by atoms with van der Waals surface area (Å²) in [4.78, 5) is 14.4. The maximum Gasteiger partial charge on any atom is 0.270 e. The molecule has 31 heavy (non-hydrogen) atoms. The van der Waals surface area contributed by atoms with Crippen molar-refractivity contribution >= 4 is 32.8 Å². The minimum Gasteiger partial charge on any atom is -0.495 e. The smallest absolute Gasteiger partial charge is 0.270 e. The Kier molecular flexibility index (Phi) is 6.46. The van der Waals surface area contributed by atoms with Crippen LogP contribution in [0.1, 0.15) is 12.6 Å². The van der Waals surface area contributed by atoms with Crippen molar-refractivity contribution < 1.29 is 18.1 Å². The number of ether oxygens (including phenoxy) is 1. The molecule has 11 heteroatoms. The van der Waals surface area contributed by atoms with E-state index < -0.39 is 14.9 Å². The average Bonchev–Trinajstić information content (AvgIpc) is 2.78. The second kappa shape index (κ2) is 9.22. The van der Waals surface area contributed by atoms with Crippen LogP contribution in [-0.2, 0) is 10.0 Å². The van der Waals surface area contributed by atoms with E-state index in [-0.39, 0.29) is 22.0 Å². The van der Waals surface area contributed by atoms with Crippen LogP contribution in [0.4, 0.5) is 17.1 Å². The lowest BCUT2D eigenvalue weighted by Gasteiger charge is -2.14. The van der Waals surface area contributed by atoms with E-state index in [1.165, 1.54) is 25.3 Å². The zero-order valence-electron chi connectivity index (χ0n) is 16.6. The maximum absolute atomic E-state index is 13.1. The van der Waals surface area contributed by atoms with E-state index in [1.54, 1.807) is 49.5 Å². The van der Waals surface area contributed by atoms with Gasteiger partial charge >= 0.3 is 0 Å². The third-order valence-electron chi connectivity index (χ3n) is 4.20. The number of nitrogens with one attached hydrogen (secondary N) is 2. The number of non-ortho nitro benzene ring substituents is 1. The fourth-order valence-corrected chi connectivity index (χ4v) is 3.89. The Morgan fingerprint density at radius 1 is 1.10 bits per heavy atom. The molecule has 0 unspecified atom stereocenters. The molecule has 0 aliphatic carbocycles. The van der Waals surface area contributed by atoms with Crippen molar-refractivity contribution in [3.05, 3.63) is 82.7 Å². The Morgan fingerprint density at radius 2 is 1.84 bits per heavy atom. The minimum absolute atomic E-state index is 0.0586. The van der Waals surface area contributed by atoms with Crippen LogP contribution in [0.3, 0.4) is 0 Å². The summed E-state index contributed by atoms with van der Waals surface area (Å²) in [5, 5.41) is 15.4. The number of nitro groups is 1. The Balaban J connectivity index is 2.01. The van der Waals surface area contributed by atoms with Gasteiger partial charge in [0.15, 0.2) is 0 Å². The number of pyridine rings is 1. The Bertz CT molecular complexity index is 1230. The first-order valence-corrected chi connectivity index (χ1v) is 10.5. The van der Waals surface area contributed by atoms with Crippen LogP contribution in [0.15, 0.2) is 76.9 Å². The number of nitrogens with zero attached hydrogens (tertiary/aromatic N) is 3. The quantitative estimate of drug-likeness (QED) is 0.309. The fraction of sp³-hybridized carbons (Fsp3) is 0.100. The van der Waals surface area contributed by atoms with E-state index in [9.17, 15) is 18.5 Å². The van der Waals surface area contributed by atoms with Crippen LogP contribution in [0.2, 0.25) is 0 Å². The van der Waals surface area contributed by atoms with Gasteiger partial charge in [0.05, 0.1) is 34.8 Å². The van der Waals surface area contributed by atoms with Crippen molar-refractivity contribution in [2.24, 2.45) is 5.10 Å². The number of methoxy groups -OCH3 is 1. The van der Waals surface area contributed by atoms with Crippen LogP contribution < -0.4 is 14.9 Å². The van der Waals surface area contributed by atoms with Crippen LogP contribution >= 0.6 is 0 Å². The van der Waals surface area contributed by atoms with E-state index in [2.05, 4.69) is 20.2 Å². The molecule has 10 nitrogen and oxygen atoms in total. The SMILES string of the molecule is COc1ccccc1NS(=O)(=O)c1cc([N+](=O)[O-])ccc1NN=C(C)c1ccccn1. The molecule has 0 spiro atoms. The summed E-state index contributed by atoms with van der Waals surface area (Å²) in [6, 6.07) is 15.2. The molecule has 2 N–H and O–H groups in total. The molecule has 0 aliphatic heterocycles. The molecular weight excluding hydrogens is 422 g/mol. The molecule has 1 aromatic heterocycles. The molecule has 3 aromatic rings. The molecule has 0 radical (unpaired) electrons. The van der Waals surface area contributed by atoms with Crippen LogP contribution in [0, 0.1) is 10.1 Å². The number of rotatable bonds is 8. The zero-order valence-corrected chi connectivity index (χ0v) is 17.5. The summed E-state index contributed by atoms with van der Waals surface area (Å²) in [6.45, 7) is 1.70. The highest BCUT2D eigenvalue weighted by Gasteiger charge is 2.24. The lowest BCUT2D eigenvalue weighted by atomic mass is 10.2. The minimum atomic E-state index is -4.23. The second-order valence-corrected chi connectivity index (χ2v) is 7.92. The van der Waals surface area contributed by atoms with E-state index >= 15 is 0 Å². The predicted molar refractivity (Wildman–Crippen MR) is 117 cm³/mol. The third kappa shape index (κ3) is 5.14. The molecule has 2 aromatic carbocycles. The largest absolute Gasteiger partial charge is 0.495 e. The number of hydrazone groups is 1. The number of hydrogen-bond acceptors (Lipinski definition) is 8. The van der Waals surface area contributed by atoms with Gasteiger partial charge in [-0.2, -0.15) is 5.10 Å². The molecule has 0 bridgehead atoms. The molecule has 0 fully saturated rings. The molecular formula is C20H19N5O5S.